The van der Waals surface area contributed by atoms with E-state index >= 15 is 0 Å². The zero-order valence-electron chi connectivity index (χ0n) is 14.8. The van der Waals surface area contributed by atoms with Crippen molar-refractivity contribution in [2.75, 3.05) is 5.48 Å². The predicted octanol–water partition coefficient (Wildman–Crippen LogP) is 2.87. The Kier molecular flexibility index (Phi) is 5.53. The summed E-state index contributed by atoms with van der Waals surface area (Å²) in [6.07, 6.45) is 3.13. The molecule has 3 aromatic rings. The zero-order valence-corrected chi connectivity index (χ0v) is 14.8. The third-order valence-electron chi connectivity index (χ3n) is 4.08. The number of nitrogens with two attached hydrogens (primary N) is 1. The number of hydrogen-bond acceptors (Lipinski definition) is 6. The van der Waals surface area contributed by atoms with Gasteiger partial charge in [0.15, 0.2) is 17.5 Å². The zero-order chi connectivity index (χ0) is 19.2. The molecule has 0 fully saturated rings. The molecule has 0 aliphatic heterocycles. The SMILES string of the molecule is CCc1ccc(Cc2cc(NO)n(-c3cc(C(=N)N=NN)ccn3)n2)cc1. The fourth-order valence-electron chi connectivity index (χ4n) is 2.67. The lowest BCUT2D eigenvalue weighted by molar-refractivity contribution is 0.383. The predicted molar refractivity (Wildman–Crippen MR) is 101 cm³/mol. The summed E-state index contributed by atoms with van der Waals surface area (Å²) in [6.45, 7) is 2.12. The summed E-state index contributed by atoms with van der Waals surface area (Å²) >= 11 is 0. The lowest BCUT2D eigenvalue weighted by Gasteiger charge is -2.06. The summed E-state index contributed by atoms with van der Waals surface area (Å²) in [5, 5.41) is 28.4. The van der Waals surface area contributed by atoms with Crippen LogP contribution in [0.5, 0.6) is 0 Å². The lowest BCUT2D eigenvalue weighted by Crippen LogP contribution is -2.06. The maximum atomic E-state index is 9.46. The monoisotopic (exact) mass is 364 g/mol. The third-order valence-corrected chi connectivity index (χ3v) is 4.08. The Morgan fingerprint density at radius 3 is 2.63 bits per heavy atom. The number of pyridine rings is 1. The minimum absolute atomic E-state index is 0.0944. The molecule has 27 heavy (non-hydrogen) atoms. The van der Waals surface area contributed by atoms with Crippen molar-refractivity contribution in [2.45, 2.75) is 19.8 Å². The van der Waals surface area contributed by atoms with Gasteiger partial charge < -0.3 is 5.84 Å². The fraction of sp³-hybridized carbons (Fsp3) is 0.167. The summed E-state index contributed by atoms with van der Waals surface area (Å²) in [6, 6.07) is 13.3. The molecule has 0 atom stereocenters. The number of hydrogen-bond donors (Lipinski definition) is 4. The maximum Gasteiger partial charge on any atom is 0.176 e. The Morgan fingerprint density at radius 2 is 1.96 bits per heavy atom. The topological polar surface area (TPSA) is 138 Å². The number of aryl methyl sites for hydroxylation is 1. The van der Waals surface area contributed by atoms with Crippen LogP contribution in [0.25, 0.3) is 5.82 Å². The van der Waals surface area contributed by atoms with Crippen molar-refractivity contribution in [2.24, 2.45) is 16.2 Å². The third kappa shape index (κ3) is 4.15. The molecule has 2 aromatic heterocycles. The molecule has 0 radical (unpaired) electrons. The Bertz CT molecular complexity index is 962. The number of nitrogens with one attached hydrogen (secondary N) is 2. The van der Waals surface area contributed by atoms with Gasteiger partial charge in [-0.25, -0.2) is 4.98 Å². The highest BCUT2D eigenvalue weighted by Gasteiger charge is 2.12. The average molecular weight is 364 g/mol. The van der Waals surface area contributed by atoms with Crippen LogP contribution >= 0.6 is 0 Å². The first-order chi connectivity index (χ1) is 13.1. The van der Waals surface area contributed by atoms with Crippen LogP contribution < -0.4 is 11.3 Å². The number of benzene rings is 1. The Morgan fingerprint density at radius 1 is 1.22 bits per heavy atom. The molecule has 2 heterocycles. The molecule has 0 saturated carbocycles. The molecule has 0 unspecified atom stereocenters. The minimum Gasteiger partial charge on any atom is -0.305 e. The van der Waals surface area contributed by atoms with Crippen molar-refractivity contribution >= 4 is 11.7 Å². The van der Waals surface area contributed by atoms with E-state index in [0.717, 1.165) is 17.7 Å². The van der Waals surface area contributed by atoms with Crippen LogP contribution in [0.3, 0.4) is 0 Å². The molecule has 0 aliphatic rings. The Hall–Kier alpha value is -3.59. The molecule has 1 aromatic carbocycles. The maximum absolute atomic E-state index is 9.46. The molecule has 0 amide bonds. The minimum atomic E-state index is -0.0944. The normalized spacial score (nSPS) is 11.0. The van der Waals surface area contributed by atoms with Crippen LogP contribution in [-0.4, -0.2) is 25.8 Å². The molecule has 5 N–H and O–H groups in total. The quantitative estimate of drug-likeness (QED) is 0.175. The molecule has 0 saturated heterocycles. The van der Waals surface area contributed by atoms with E-state index in [4.69, 9.17) is 11.3 Å². The van der Waals surface area contributed by atoms with Gasteiger partial charge in [-0.1, -0.05) is 36.4 Å². The summed E-state index contributed by atoms with van der Waals surface area (Å²) < 4.78 is 1.46. The highest BCUT2D eigenvalue weighted by Crippen LogP contribution is 2.19. The van der Waals surface area contributed by atoms with Gasteiger partial charge in [0.1, 0.15) is 0 Å². The van der Waals surface area contributed by atoms with Gasteiger partial charge in [0.2, 0.25) is 0 Å². The van der Waals surface area contributed by atoms with Crippen molar-refractivity contribution in [3.8, 4) is 5.82 Å². The van der Waals surface area contributed by atoms with Gasteiger partial charge in [-0.05, 0) is 29.7 Å². The Balaban J connectivity index is 1.90. The van der Waals surface area contributed by atoms with Crippen molar-refractivity contribution in [3.05, 3.63) is 71.0 Å². The molecular formula is C18H20N8O. The second-order valence-electron chi connectivity index (χ2n) is 5.86. The molecule has 0 aliphatic carbocycles. The number of aromatic nitrogens is 3. The first-order valence-electron chi connectivity index (χ1n) is 8.37. The van der Waals surface area contributed by atoms with Crippen LogP contribution in [0.15, 0.2) is 59.0 Å². The van der Waals surface area contributed by atoms with Gasteiger partial charge in [0.25, 0.3) is 0 Å². The summed E-state index contributed by atoms with van der Waals surface area (Å²) in [5.41, 5.74) is 5.77. The average Bonchev–Trinajstić information content (AvgIpc) is 3.12. The van der Waals surface area contributed by atoms with Gasteiger partial charge in [-0.2, -0.15) is 9.78 Å². The Labute approximate surface area is 156 Å². The van der Waals surface area contributed by atoms with E-state index < -0.39 is 0 Å². The number of nitrogens with zero attached hydrogens (tertiary/aromatic N) is 5. The van der Waals surface area contributed by atoms with Crippen molar-refractivity contribution in [3.63, 3.8) is 0 Å². The van der Waals surface area contributed by atoms with E-state index in [1.54, 1.807) is 18.2 Å². The fourth-order valence-corrected chi connectivity index (χ4v) is 2.67. The van der Waals surface area contributed by atoms with E-state index in [-0.39, 0.29) is 5.84 Å². The van der Waals surface area contributed by atoms with Crippen LogP contribution in [0, 0.1) is 5.41 Å². The molecule has 138 valence electrons. The van der Waals surface area contributed by atoms with Crippen LogP contribution in [0.4, 0.5) is 5.82 Å². The second-order valence-corrected chi connectivity index (χ2v) is 5.86. The van der Waals surface area contributed by atoms with Crippen LogP contribution in [-0.2, 0) is 12.8 Å². The smallest absolute Gasteiger partial charge is 0.176 e. The first kappa shape index (κ1) is 18.2. The standard InChI is InChI=1S/C18H20N8O/c1-2-12-3-5-13(6-4-12)9-15-11-17(24-27)26(23-15)16-10-14(7-8-21-16)18(19)22-25-20/h3-8,10-11,24,27H,2,9H2,1H3,(H3,19,20,22). The molecule has 0 bridgehead atoms. The van der Waals surface area contributed by atoms with E-state index in [1.165, 1.54) is 16.4 Å². The van der Waals surface area contributed by atoms with Gasteiger partial charge in [0, 0.05) is 24.2 Å². The molecule has 3 rings (SSSR count). The lowest BCUT2D eigenvalue weighted by atomic mass is 10.1. The summed E-state index contributed by atoms with van der Waals surface area (Å²) in [4.78, 5) is 4.25. The van der Waals surface area contributed by atoms with Gasteiger partial charge in [-0.15, -0.1) is 5.11 Å². The number of amidine groups is 1. The highest BCUT2D eigenvalue weighted by atomic mass is 16.5. The van der Waals surface area contributed by atoms with E-state index in [9.17, 15) is 5.21 Å². The summed E-state index contributed by atoms with van der Waals surface area (Å²) in [7, 11) is 0. The summed E-state index contributed by atoms with van der Waals surface area (Å²) in [5.74, 6) is 5.70. The van der Waals surface area contributed by atoms with Crippen molar-refractivity contribution in [1.82, 2.24) is 14.8 Å². The van der Waals surface area contributed by atoms with E-state index in [2.05, 4.69) is 57.1 Å². The number of rotatable bonds is 6. The van der Waals surface area contributed by atoms with E-state index in [1.807, 2.05) is 0 Å². The van der Waals surface area contributed by atoms with Crippen LogP contribution in [0.1, 0.15) is 29.3 Å². The van der Waals surface area contributed by atoms with Crippen molar-refractivity contribution in [1.29, 1.82) is 5.41 Å². The van der Waals surface area contributed by atoms with Crippen LogP contribution in [0.2, 0.25) is 0 Å². The first-order valence-corrected chi connectivity index (χ1v) is 8.37. The molecule has 9 nitrogen and oxygen atoms in total. The molecular weight excluding hydrogens is 344 g/mol. The van der Waals surface area contributed by atoms with Crippen molar-refractivity contribution < 1.29 is 5.21 Å². The van der Waals surface area contributed by atoms with Gasteiger partial charge >= 0.3 is 0 Å². The largest absolute Gasteiger partial charge is 0.305 e. The van der Waals surface area contributed by atoms with E-state index in [0.29, 0.717) is 23.6 Å². The van der Waals surface area contributed by atoms with Gasteiger partial charge in [0.05, 0.1) is 5.69 Å². The molecule has 9 heteroatoms. The number of anilines is 1. The molecule has 0 spiro atoms. The van der Waals surface area contributed by atoms with Gasteiger partial charge in [-0.3, -0.25) is 16.1 Å². The highest BCUT2D eigenvalue weighted by molar-refractivity contribution is 5.96. The second kappa shape index (κ2) is 8.19.